The van der Waals surface area contributed by atoms with Gasteiger partial charge in [-0.2, -0.15) is 0 Å². The Morgan fingerprint density at radius 1 is 1.15 bits per heavy atom. The van der Waals surface area contributed by atoms with Gasteiger partial charge in [-0.15, -0.1) is 6.58 Å². The predicted octanol–water partition coefficient (Wildman–Crippen LogP) is 2.55. The normalized spacial score (nSPS) is 15.0. The summed E-state index contributed by atoms with van der Waals surface area (Å²) in [5.41, 5.74) is 1.63. The summed E-state index contributed by atoms with van der Waals surface area (Å²) in [4.78, 5) is 25.1. The molecule has 0 bridgehead atoms. The van der Waals surface area contributed by atoms with E-state index in [2.05, 4.69) is 51.0 Å². The average molecular weight is 363 g/mol. The van der Waals surface area contributed by atoms with Gasteiger partial charge in [-0.3, -0.25) is 9.69 Å². The molecule has 0 aliphatic carbocycles. The van der Waals surface area contributed by atoms with E-state index in [1.54, 1.807) is 12.1 Å². The third-order valence-electron chi connectivity index (χ3n) is 4.45. The summed E-state index contributed by atoms with van der Waals surface area (Å²) in [6.07, 6.45) is 7.48. The topological polar surface area (TPSA) is 61.4 Å². The van der Waals surface area contributed by atoms with Gasteiger partial charge in [-0.05, 0) is 5.56 Å². The lowest BCUT2D eigenvalue weighted by Crippen LogP contribution is -2.48. The Morgan fingerprint density at radius 3 is 2.67 bits per heavy atom. The molecule has 3 rings (SSSR count). The molecule has 6 nitrogen and oxygen atoms in total. The molecule has 27 heavy (non-hydrogen) atoms. The quantitative estimate of drug-likeness (QED) is 0.766. The lowest BCUT2D eigenvalue weighted by molar-refractivity contribution is 0.0644. The first-order valence-electron chi connectivity index (χ1n) is 9.16. The molecule has 1 fully saturated rings. The summed E-state index contributed by atoms with van der Waals surface area (Å²) in [5.74, 6) is 0.594. The van der Waals surface area contributed by atoms with E-state index in [-0.39, 0.29) is 5.91 Å². The molecule has 1 aromatic carbocycles. The number of carbonyl (C=O) groups is 1. The monoisotopic (exact) mass is 363 g/mol. The molecule has 6 heteroatoms. The van der Waals surface area contributed by atoms with Crippen molar-refractivity contribution in [1.82, 2.24) is 19.8 Å². The first-order valence-corrected chi connectivity index (χ1v) is 9.16. The van der Waals surface area contributed by atoms with Gasteiger partial charge in [0, 0.05) is 45.3 Å². The minimum atomic E-state index is -0.0430. The molecule has 1 aromatic heterocycles. The van der Waals surface area contributed by atoms with E-state index in [0.29, 0.717) is 31.1 Å². The third-order valence-corrected chi connectivity index (χ3v) is 4.45. The number of carbonyl (C=O) groups excluding carboxylic acids is 1. The van der Waals surface area contributed by atoms with Crippen LogP contribution in [0.25, 0.3) is 6.08 Å². The molecule has 140 valence electrons. The second-order valence-electron chi connectivity index (χ2n) is 6.36. The Morgan fingerprint density at radius 2 is 1.93 bits per heavy atom. The van der Waals surface area contributed by atoms with Crippen molar-refractivity contribution in [3.63, 3.8) is 0 Å². The molecule has 2 heterocycles. The van der Waals surface area contributed by atoms with E-state index >= 15 is 0 Å². The zero-order chi connectivity index (χ0) is 18.9. The summed E-state index contributed by atoms with van der Waals surface area (Å²) in [7, 11) is 0. The van der Waals surface area contributed by atoms with Gasteiger partial charge in [-0.1, -0.05) is 48.6 Å². The highest BCUT2D eigenvalue weighted by Gasteiger charge is 2.22. The van der Waals surface area contributed by atoms with Crippen LogP contribution in [0.4, 0.5) is 5.82 Å². The Bertz CT molecular complexity index is 782. The Balaban J connectivity index is 1.49. The Labute approximate surface area is 160 Å². The number of anilines is 1. The van der Waals surface area contributed by atoms with Crippen LogP contribution in [-0.4, -0.2) is 64.9 Å². The number of hydrogen-bond acceptors (Lipinski definition) is 5. The number of piperazine rings is 1. The number of benzene rings is 1. The minimum Gasteiger partial charge on any atom is -0.366 e. The summed E-state index contributed by atoms with van der Waals surface area (Å²) in [6, 6.07) is 12.0. The van der Waals surface area contributed by atoms with Crippen LogP contribution in [0.3, 0.4) is 0 Å². The highest BCUT2D eigenvalue weighted by molar-refractivity contribution is 5.93. The fraction of sp³-hybridized carbons (Fsp3) is 0.286. The average Bonchev–Trinajstić information content (AvgIpc) is 2.73. The van der Waals surface area contributed by atoms with Gasteiger partial charge in [0.25, 0.3) is 5.91 Å². The van der Waals surface area contributed by atoms with Gasteiger partial charge >= 0.3 is 0 Å². The number of nitrogens with zero attached hydrogens (tertiary/aromatic N) is 4. The van der Waals surface area contributed by atoms with Crippen molar-refractivity contribution in [3.05, 3.63) is 72.7 Å². The van der Waals surface area contributed by atoms with E-state index in [1.165, 1.54) is 11.9 Å². The predicted molar refractivity (Wildman–Crippen MR) is 109 cm³/mol. The van der Waals surface area contributed by atoms with Gasteiger partial charge in [0.05, 0.1) is 0 Å². The lowest BCUT2D eigenvalue weighted by atomic mass is 10.2. The maximum absolute atomic E-state index is 12.7. The van der Waals surface area contributed by atoms with Gasteiger partial charge in [0.2, 0.25) is 0 Å². The minimum absolute atomic E-state index is 0.0430. The molecule has 1 N–H and O–H groups in total. The molecular weight excluding hydrogens is 338 g/mol. The van der Waals surface area contributed by atoms with Gasteiger partial charge < -0.3 is 10.2 Å². The molecule has 1 aliphatic heterocycles. The number of hydrogen-bond donors (Lipinski definition) is 1. The fourth-order valence-corrected chi connectivity index (χ4v) is 2.95. The molecule has 2 aromatic rings. The van der Waals surface area contributed by atoms with Crippen LogP contribution in [-0.2, 0) is 0 Å². The maximum atomic E-state index is 12.7. The first-order chi connectivity index (χ1) is 13.3. The summed E-state index contributed by atoms with van der Waals surface area (Å²) in [5, 5.41) is 3.08. The van der Waals surface area contributed by atoms with Crippen LogP contribution < -0.4 is 5.32 Å². The fourth-order valence-electron chi connectivity index (χ4n) is 2.95. The van der Waals surface area contributed by atoms with E-state index in [9.17, 15) is 4.79 Å². The molecule has 1 amide bonds. The summed E-state index contributed by atoms with van der Waals surface area (Å²) < 4.78 is 0. The SMILES string of the molecule is C=CCNc1cc(C(=O)N2CCN(C/C=C/c3ccccc3)CC2)ncn1. The molecular formula is C21H25N5O. The highest BCUT2D eigenvalue weighted by atomic mass is 16.2. The van der Waals surface area contributed by atoms with Gasteiger partial charge in [0.1, 0.15) is 17.8 Å². The largest absolute Gasteiger partial charge is 0.366 e. The van der Waals surface area contributed by atoms with Gasteiger partial charge in [0.15, 0.2) is 0 Å². The van der Waals surface area contributed by atoms with Crippen molar-refractivity contribution < 1.29 is 4.79 Å². The van der Waals surface area contributed by atoms with Crippen molar-refractivity contribution in [3.8, 4) is 0 Å². The van der Waals surface area contributed by atoms with Gasteiger partial charge in [-0.25, -0.2) is 9.97 Å². The van der Waals surface area contributed by atoms with Crippen LogP contribution in [0.1, 0.15) is 16.1 Å². The second kappa shape index (κ2) is 9.64. The smallest absolute Gasteiger partial charge is 0.272 e. The zero-order valence-electron chi connectivity index (χ0n) is 15.4. The molecule has 0 spiro atoms. The summed E-state index contributed by atoms with van der Waals surface area (Å²) in [6.45, 7) is 8.28. The van der Waals surface area contributed by atoms with Crippen LogP contribution in [0.5, 0.6) is 0 Å². The first kappa shape index (κ1) is 18.8. The molecule has 1 saturated heterocycles. The number of rotatable bonds is 7. The number of amides is 1. The molecule has 1 aliphatic rings. The van der Waals surface area contributed by atoms with E-state index < -0.39 is 0 Å². The van der Waals surface area contributed by atoms with Crippen LogP contribution in [0.2, 0.25) is 0 Å². The Hall–Kier alpha value is -2.99. The third kappa shape index (κ3) is 5.49. The number of aromatic nitrogens is 2. The van der Waals surface area contributed by atoms with Crippen molar-refractivity contribution in [1.29, 1.82) is 0 Å². The van der Waals surface area contributed by atoms with Crippen LogP contribution >= 0.6 is 0 Å². The van der Waals surface area contributed by atoms with Crippen molar-refractivity contribution in [2.75, 3.05) is 44.6 Å². The molecule has 0 atom stereocenters. The van der Waals surface area contributed by atoms with E-state index in [4.69, 9.17) is 0 Å². The number of nitrogens with one attached hydrogen (secondary N) is 1. The maximum Gasteiger partial charge on any atom is 0.272 e. The Kier molecular flexibility index (Phi) is 6.71. The van der Waals surface area contributed by atoms with Crippen molar-refractivity contribution in [2.24, 2.45) is 0 Å². The van der Waals surface area contributed by atoms with Crippen molar-refractivity contribution >= 4 is 17.8 Å². The van der Waals surface area contributed by atoms with Crippen LogP contribution in [0.15, 0.2) is 61.5 Å². The second-order valence-corrected chi connectivity index (χ2v) is 6.36. The molecule has 0 saturated carbocycles. The van der Waals surface area contributed by atoms with Crippen molar-refractivity contribution in [2.45, 2.75) is 0 Å². The standard InChI is InChI=1S/C21H25N5O/c1-2-10-22-20-16-19(23-17-24-20)21(27)26-14-12-25(13-15-26)11-6-9-18-7-4-3-5-8-18/h2-9,16-17H,1,10-15H2,(H,22,23,24)/b9-6+. The van der Waals surface area contributed by atoms with Crippen LogP contribution in [0, 0.1) is 0 Å². The van der Waals surface area contributed by atoms with E-state index in [1.807, 2.05) is 23.1 Å². The molecule has 0 radical (unpaired) electrons. The lowest BCUT2D eigenvalue weighted by Gasteiger charge is -2.34. The van der Waals surface area contributed by atoms with E-state index in [0.717, 1.165) is 19.6 Å². The zero-order valence-corrected chi connectivity index (χ0v) is 15.4. The highest BCUT2D eigenvalue weighted by Crippen LogP contribution is 2.10. The summed E-state index contributed by atoms with van der Waals surface area (Å²) >= 11 is 0. The molecule has 0 unspecified atom stereocenters.